The first-order chi connectivity index (χ1) is 16.4. The van der Waals surface area contributed by atoms with Crippen molar-refractivity contribution in [1.82, 2.24) is 9.80 Å². The molecule has 2 aromatic rings. The van der Waals surface area contributed by atoms with Crippen molar-refractivity contribution in [3.8, 4) is 11.5 Å². The van der Waals surface area contributed by atoms with Crippen molar-refractivity contribution in [2.75, 3.05) is 26.9 Å². The second kappa shape index (κ2) is 10.2. The van der Waals surface area contributed by atoms with Crippen molar-refractivity contribution < 1.29 is 28.6 Å². The fourth-order valence-electron chi connectivity index (χ4n) is 3.82. The van der Waals surface area contributed by atoms with Gasteiger partial charge in [-0.2, -0.15) is 0 Å². The molecule has 0 radical (unpaired) electrons. The molecule has 4 rings (SSSR count). The highest BCUT2D eigenvalue weighted by Crippen LogP contribution is 2.30. The zero-order valence-electron chi connectivity index (χ0n) is 21.0. The first kappa shape index (κ1) is 25.9. The molecule has 4 bridgehead atoms. The topological polar surface area (TPSA) is 111 Å². The van der Waals surface area contributed by atoms with Gasteiger partial charge in [0, 0.05) is 26.9 Å². The van der Waals surface area contributed by atoms with Gasteiger partial charge in [-0.05, 0) is 56.2 Å². The van der Waals surface area contributed by atoms with Crippen LogP contribution >= 0.6 is 0 Å². The molecule has 0 spiro atoms. The van der Waals surface area contributed by atoms with Gasteiger partial charge in [-0.25, -0.2) is 9.59 Å². The third-order valence-electron chi connectivity index (χ3n) is 5.81. The summed E-state index contributed by atoms with van der Waals surface area (Å²) in [5.41, 5.74) is 7.34. The second-order valence-electron chi connectivity index (χ2n) is 9.62. The summed E-state index contributed by atoms with van der Waals surface area (Å²) in [6.45, 7) is 5.27. The number of carbonyl (C=O) groups excluding carboxylic acids is 3. The number of hydrogen-bond donors (Lipinski definition) is 1. The van der Waals surface area contributed by atoms with E-state index in [1.165, 1.54) is 31.0 Å². The fraction of sp³-hybridized carbons (Fsp3) is 0.423. The summed E-state index contributed by atoms with van der Waals surface area (Å²) in [5.74, 6) is 0.0307. The van der Waals surface area contributed by atoms with Crippen LogP contribution < -0.4 is 10.5 Å². The zero-order chi connectivity index (χ0) is 25.9. The number of ether oxygens (including phenoxy) is 3. The van der Waals surface area contributed by atoms with Gasteiger partial charge in [0.05, 0.1) is 12.8 Å². The molecule has 2 heterocycles. The summed E-state index contributed by atoms with van der Waals surface area (Å²) in [6.07, 6.45) is -0.255. The molecule has 2 aliphatic rings. The molecule has 188 valence electrons. The predicted octanol–water partition coefficient (Wildman–Crippen LogP) is 3.40. The van der Waals surface area contributed by atoms with Gasteiger partial charge in [0.1, 0.15) is 23.4 Å². The quantitative estimate of drug-likeness (QED) is 0.515. The SMILES string of the molecule is COC(=O)[C@H]1Cc2ccc(N)c(c2)Oc2ccc(cc2)C[C@H](N(C)C(=O)OC(C)(C)C)C(=O)N1C. The first-order valence-electron chi connectivity index (χ1n) is 11.3. The van der Waals surface area contributed by atoms with Crippen LogP contribution in [0.15, 0.2) is 42.5 Å². The molecule has 2 aliphatic heterocycles. The Hall–Kier alpha value is -3.75. The monoisotopic (exact) mass is 483 g/mol. The summed E-state index contributed by atoms with van der Waals surface area (Å²) >= 11 is 0. The molecule has 0 aromatic heterocycles. The van der Waals surface area contributed by atoms with Crippen LogP contribution in [0.3, 0.4) is 0 Å². The molecule has 0 aliphatic carbocycles. The Kier molecular flexibility index (Phi) is 7.57. The lowest BCUT2D eigenvalue weighted by Crippen LogP contribution is -2.55. The number of carbonyl (C=O) groups is 3. The minimum absolute atomic E-state index is 0.173. The number of likely N-dealkylation sites (N-methyl/N-ethyl adjacent to an activating group) is 2. The maximum atomic E-state index is 13.8. The van der Waals surface area contributed by atoms with Gasteiger partial charge in [0.15, 0.2) is 5.75 Å². The molecule has 2 atom stereocenters. The number of nitrogens with zero attached hydrogens (tertiary/aromatic N) is 2. The molecule has 0 saturated carbocycles. The van der Waals surface area contributed by atoms with E-state index < -0.39 is 35.7 Å². The number of nitrogens with two attached hydrogens (primary N) is 1. The number of methoxy groups -OCH3 is 1. The Morgan fingerprint density at radius 1 is 1.09 bits per heavy atom. The lowest BCUT2D eigenvalue weighted by molar-refractivity contribution is -0.153. The van der Waals surface area contributed by atoms with Crippen LogP contribution in [-0.4, -0.2) is 66.7 Å². The van der Waals surface area contributed by atoms with Crippen LogP contribution in [0.25, 0.3) is 0 Å². The lowest BCUT2D eigenvalue weighted by atomic mass is 10.00. The van der Waals surface area contributed by atoms with E-state index in [1.54, 1.807) is 51.1 Å². The third-order valence-corrected chi connectivity index (χ3v) is 5.81. The van der Waals surface area contributed by atoms with Gasteiger partial charge in [0.2, 0.25) is 5.91 Å². The average molecular weight is 484 g/mol. The van der Waals surface area contributed by atoms with E-state index >= 15 is 0 Å². The van der Waals surface area contributed by atoms with Gasteiger partial charge < -0.3 is 24.8 Å². The van der Waals surface area contributed by atoms with E-state index in [1.807, 2.05) is 12.1 Å². The number of esters is 1. The molecule has 0 saturated heterocycles. The van der Waals surface area contributed by atoms with Crippen LogP contribution in [-0.2, 0) is 31.9 Å². The summed E-state index contributed by atoms with van der Waals surface area (Å²) in [6, 6.07) is 10.6. The van der Waals surface area contributed by atoms with Crippen molar-refractivity contribution >= 4 is 23.7 Å². The van der Waals surface area contributed by atoms with Crippen LogP contribution in [0.5, 0.6) is 11.5 Å². The van der Waals surface area contributed by atoms with Crippen LogP contribution in [0.2, 0.25) is 0 Å². The molecule has 2 amide bonds. The van der Waals surface area contributed by atoms with Gasteiger partial charge in [0.25, 0.3) is 0 Å². The van der Waals surface area contributed by atoms with E-state index in [0.29, 0.717) is 17.2 Å². The summed E-state index contributed by atoms with van der Waals surface area (Å²) < 4.78 is 16.5. The molecular formula is C26H33N3O6. The number of amides is 2. The molecular weight excluding hydrogens is 450 g/mol. The predicted molar refractivity (Wildman–Crippen MR) is 131 cm³/mol. The Morgan fingerprint density at radius 3 is 2.31 bits per heavy atom. The van der Waals surface area contributed by atoms with Crippen molar-refractivity contribution in [1.29, 1.82) is 0 Å². The smallest absolute Gasteiger partial charge is 0.410 e. The Labute approximate surface area is 205 Å². The lowest BCUT2D eigenvalue weighted by Gasteiger charge is -2.35. The van der Waals surface area contributed by atoms with Gasteiger partial charge >= 0.3 is 12.1 Å². The maximum absolute atomic E-state index is 13.8. The van der Waals surface area contributed by atoms with E-state index in [0.717, 1.165) is 11.1 Å². The molecule has 9 nitrogen and oxygen atoms in total. The third kappa shape index (κ3) is 6.23. The van der Waals surface area contributed by atoms with Crippen molar-refractivity contribution in [2.45, 2.75) is 51.3 Å². The molecule has 9 heteroatoms. The van der Waals surface area contributed by atoms with E-state index in [-0.39, 0.29) is 12.8 Å². The normalized spacial score (nSPS) is 18.3. The highest BCUT2D eigenvalue weighted by molar-refractivity contribution is 5.90. The van der Waals surface area contributed by atoms with Gasteiger partial charge in [-0.1, -0.05) is 18.2 Å². The number of benzene rings is 2. The minimum Gasteiger partial charge on any atom is -0.467 e. The Morgan fingerprint density at radius 2 is 1.71 bits per heavy atom. The second-order valence-corrected chi connectivity index (χ2v) is 9.62. The largest absolute Gasteiger partial charge is 0.467 e. The summed E-state index contributed by atoms with van der Waals surface area (Å²) in [5, 5.41) is 0. The summed E-state index contributed by atoms with van der Waals surface area (Å²) in [4.78, 5) is 42.0. The van der Waals surface area contributed by atoms with Crippen LogP contribution in [0.1, 0.15) is 31.9 Å². The first-order valence-corrected chi connectivity index (χ1v) is 11.3. The minimum atomic E-state index is -0.928. The van der Waals surface area contributed by atoms with Gasteiger partial charge in [-0.15, -0.1) is 0 Å². The number of fused-ring (bicyclic) bond motifs is 7. The molecule has 0 fully saturated rings. The molecule has 0 unspecified atom stereocenters. The average Bonchev–Trinajstić information content (AvgIpc) is 2.80. The van der Waals surface area contributed by atoms with Gasteiger partial charge in [-0.3, -0.25) is 9.69 Å². The van der Waals surface area contributed by atoms with E-state index in [9.17, 15) is 14.4 Å². The molecule has 2 aromatic carbocycles. The fourth-order valence-corrected chi connectivity index (χ4v) is 3.82. The van der Waals surface area contributed by atoms with Crippen LogP contribution in [0, 0.1) is 0 Å². The number of hydrogen-bond acceptors (Lipinski definition) is 7. The number of nitrogen functional groups attached to an aromatic ring is 1. The highest BCUT2D eigenvalue weighted by atomic mass is 16.6. The standard InChI is InChI=1S/C26H33N3O6/c1-26(2,3)35-25(32)29(5)20-13-16-7-10-18(11-8-16)34-22-15-17(9-12-19(22)27)14-21(24(31)33-6)28(4)23(20)30/h7-12,15,20-21H,13-14,27H2,1-6H3/t20-,21+/m0/s1. The molecule has 2 N–H and O–H groups in total. The van der Waals surface area contributed by atoms with E-state index in [4.69, 9.17) is 19.9 Å². The molecule has 35 heavy (non-hydrogen) atoms. The van der Waals surface area contributed by atoms with E-state index in [2.05, 4.69) is 0 Å². The Bertz CT molecular complexity index is 1090. The number of rotatable bonds is 2. The maximum Gasteiger partial charge on any atom is 0.410 e. The Balaban J connectivity index is 2.07. The zero-order valence-corrected chi connectivity index (χ0v) is 21.0. The van der Waals surface area contributed by atoms with Crippen molar-refractivity contribution in [3.05, 3.63) is 53.6 Å². The van der Waals surface area contributed by atoms with Crippen molar-refractivity contribution in [2.24, 2.45) is 0 Å². The summed E-state index contributed by atoms with van der Waals surface area (Å²) in [7, 11) is 4.32. The van der Waals surface area contributed by atoms with Crippen LogP contribution in [0.4, 0.5) is 10.5 Å². The van der Waals surface area contributed by atoms with Crippen molar-refractivity contribution in [3.63, 3.8) is 0 Å². The highest BCUT2D eigenvalue weighted by Gasteiger charge is 2.37. The number of anilines is 1.